The minimum Gasteiger partial charge on any atom is -0.306 e. The van der Waals surface area contributed by atoms with Crippen molar-refractivity contribution in [2.45, 2.75) is 33.4 Å². The van der Waals surface area contributed by atoms with Crippen molar-refractivity contribution in [2.24, 2.45) is 5.73 Å². The van der Waals surface area contributed by atoms with Crippen LogP contribution in [0.2, 0.25) is 0 Å². The van der Waals surface area contributed by atoms with Crippen LogP contribution in [0.4, 0.5) is 0 Å². The average Bonchev–Trinajstić information content (AvgIpc) is 2.04. The van der Waals surface area contributed by atoms with Crippen LogP contribution in [0.3, 0.4) is 0 Å². The van der Waals surface area contributed by atoms with Gasteiger partial charge < -0.3 is 5.73 Å². The molecular weight excluding hydrogens is 193 g/mol. The van der Waals surface area contributed by atoms with E-state index in [1.54, 1.807) is 13.8 Å². The first kappa shape index (κ1) is 13.1. The predicted octanol–water partition coefficient (Wildman–Crippen LogP) is 1.88. The van der Waals surface area contributed by atoms with E-state index in [2.05, 4.69) is 0 Å². The Kier molecular flexibility index (Phi) is 6.55. The van der Waals surface area contributed by atoms with E-state index in [1.807, 2.05) is 6.92 Å². The molecule has 0 radical (unpaired) electrons. The van der Waals surface area contributed by atoms with Gasteiger partial charge >= 0.3 is 7.82 Å². The summed E-state index contributed by atoms with van der Waals surface area (Å²) in [6.07, 6.45) is -0.0478. The molecule has 0 saturated carbocycles. The third kappa shape index (κ3) is 5.39. The summed E-state index contributed by atoms with van der Waals surface area (Å²) in [4.78, 5) is 0. The van der Waals surface area contributed by atoms with Crippen LogP contribution in [-0.4, -0.2) is 19.4 Å². The summed E-state index contributed by atoms with van der Waals surface area (Å²) in [7, 11) is -3.42. The lowest BCUT2D eigenvalue weighted by atomic mass is 10.5. The summed E-state index contributed by atoms with van der Waals surface area (Å²) in [5.41, 5.74) is 5.47. The Hall–Kier alpha value is 0.0700. The Morgan fingerprint density at radius 3 is 2.00 bits per heavy atom. The van der Waals surface area contributed by atoms with E-state index in [4.69, 9.17) is 19.3 Å². The normalized spacial score (nSPS) is 14.5. The minimum absolute atomic E-state index is 0.272. The number of phosphoric acid groups is 1. The molecule has 0 aliphatic carbocycles. The third-order valence-corrected chi connectivity index (χ3v) is 2.92. The first-order valence-electron chi connectivity index (χ1n) is 4.41. The third-order valence-electron chi connectivity index (χ3n) is 1.24. The zero-order valence-corrected chi connectivity index (χ0v) is 9.25. The van der Waals surface area contributed by atoms with Gasteiger partial charge in [0.1, 0.15) is 6.23 Å². The van der Waals surface area contributed by atoms with Gasteiger partial charge in [-0.2, -0.15) is 0 Å². The zero-order valence-electron chi connectivity index (χ0n) is 8.36. The molecule has 0 aliphatic heterocycles. The lowest BCUT2D eigenvalue weighted by Crippen LogP contribution is -2.22. The van der Waals surface area contributed by atoms with Crippen molar-refractivity contribution >= 4 is 7.82 Å². The predicted molar refractivity (Wildman–Crippen MR) is 50.2 cm³/mol. The molecule has 0 spiro atoms. The van der Waals surface area contributed by atoms with E-state index in [9.17, 15) is 4.57 Å². The fraction of sp³-hybridized carbons (Fsp3) is 1.00. The molecule has 1 atom stereocenters. The first-order chi connectivity index (χ1) is 6.08. The molecule has 0 aromatic rings. The van der Waals surface area contributed by atoms with Gasteiger partial charge in [-0.05, 0) is 20.3 Å². The van der Waals surface area contributed by atoms with Gasteiger partial charge in [0.2, 0.25) is 0 Å². The van der Waals surface area contributed by atoms with Crippen LogP contribution in [0.5, 0.6) is 0 Å². The molecule has 2 N–H and O–H groups in total. The summed E-state index contributed by atoms with van der Waals surface area (Å²) >= 11 is 0. The number of phosphoric ester groups is 1. The number of rotatable bonds is 7. The van der Waals surface area contributed by atoms with Gasteiger partial charge in [0, 0.05) is 0 Å². The lowest BCUT2D eigenvalue weighted by Gasteiger charge is -2.19. The maximum atomic E-state index is 11.6. The highest BCUT2D eigenvalue weighted by Gasteiger charge is 2.27. The molecule has 0 aromatic carbocycles. The highest BCUT2D eigenvalue weighted by atomic mass is 31.2. The van der Waals surface area contributed by atoms with Gasteiger partial charge in [0.05, 0.1) is 13.2 Å². The van der Waals surface area contributed by atoms with Crippen molar-refractivity contribution in [2.75, 3.05) is 13.2 Å². The van der Waals surface area contributed by atoms with Crippen molar-refractivity contribution in [1.29, 1.82) is 0 Å². The van der Waals surface area contributed by atoms with E-state index >= 15 is 0 Å². The van der Waals surface area contributed by atoms with Crippen LogP contribution < -0.4 is 5.73 Å². The molecule has 0 fully saturated rings. The van der Waals surface area contributed by atoms with E-state index in [0.29, 0.717) is 6.42 Å². The molecule has 5 nitrogen and oxygen atoms in total. The maximum absolute atomic E-state index is 11.6. The van der Waals surface area contributed by atoms with Crippen LogP contribution in [-0.2, 0) is 18.1 Å². The largest absolute Gasteiger partial charge is 0.476 e. The van der Waals surface area contributed by atoms with Crippen LogP contribution >= 0.6 is 7.82 Å². The average molecular weight is 211 g/mol. The van der Waals surface area contributed by atoms with Crippen LogP contribution in [0.25, 0.3) is 0 Å². The molecule has 80 valence electrons. The van der Waals surface area contributed by atoms with Gasteiger partial charge in [0.25, 0.3) is 0 Å². The fourth-order valence-electron chi connectivity index (χ4n) is 0.655. The van der Waals surface area contributed by atoms with Crippen LogP contribution in [0.1, 0.15) is 27.2 Å². The number of hydrogen-bond acceptors (Lipinski definition) is 5. The van der Waals surface area contributed by atoms with E-state index in [0.717, 1.165) is 0 Å². The SMILES string of the molecule is CCOP(=O)(OCC)OC(N)CC. The van der Waals surface area contributed by atoms with Gasteiger partial charge in [-0.15, -0.1) is 0 Å². The highest BCUT2D eigenvalue weighted by Crippen LogP contribution is 2.49. The van der Waals surface area contributed by atoms with E-state index < -0.39 is 14.1 Å². The van der Waals surface area contributed by atoms with Crippen molar-refractivity contribution in [3.63, 3.8) is 0 Å². The van der Waals surface area contributed by atoms with E-state index in [-0.39, 0.29) is 13.2 Å². The fourth-order valence-corrected chi connectivity index (χ4v) is 1.96. The lowest BCUT2D eigenvalue weighted by molar-refractivity contribution is 0.0846. The summed E-state index contributed by atoms with van der Waals surface area (Å²) in [5, 5.41) is 0. The molecule has 0 rings (SSSR count). The molecule has 0 amide bonds. The van der Waals surface area contributed by atoms with Crippen LogP contribution in [0, 0.1) is 0 Å². The molecule has 0 saturated heterocycles. The van der Waals surface area contributed by atoms with Crippen molar-refractivity contribution in [1.82, 2.24) is 0 Å². The molecule has 1 unspecified atom stereocenters. The van der Waals surface area contributed by atoms with Gasteiger partial charge in [-0.3, -0.25) is 13.6 Å². The highest BCUT2D eigenvalue weighted by molar-refractivity contribution is 7.48. The molecule has 0 aliphatic rings. The standard InChI is InChI=1S/C7H18NO4P/c1-4-7(8)12-13(9,10-5-2)11-6-3/h7H,4-6,8H2,1-3H3. The Morgan fingerprint density at radius 2 is 1.69 bits per heavy atom. The molecule has 0 heterocycles. The minimum atomic E-state index is -3.42. The molecular formula is C7H18NO4P. The quantitative estimate of drug-likeness (QED) is 0.514. The number of hydrogen-bond donors (Lipinski definition) is 1. The number of nitrogens with two attached hydrogens (primary N) is 1. The monoisotopic (exact) mass is 211 g/mol. The second kappa shape index (κ2) is 6.51. The Morgan fingerprint density at radius 1 is 1.23 bits per heavy atom. The topological polar surface area (TPSA) is 70.8 Å². The first-order valence-corrected chi connectivity index (χ1v) is 5.87. The smallest absolute Gasteiger partial charge is 0.306 e. The van der Waals surface area contributed by atoms with Crippen molar-refractivity contribution in [3.8, 4) is 0 Å². The van der Waals surface area contributed by atoms with Crippen LogP contribution in [0.15, 0.2) is 0 Å². The van der Waals surface area contributed by atoms with E-state index in [1.165, 1.54) is 0 Å². The Bertz CT molecular complexity index is 166. The van der Waals surface area contributed by atoms with Crippen molar-refractivity contribution < 1.29 is 18.1 Å². The van der Waals surface area contributed by atoms with Gasteiger partial charge in [-0.25, -0.2) is 4.57 Å². The molecule has 6 heteroatoms. The summed E-state index contributed by atoms with van der Waals surface area (Å²) in [6.45, 7) is 5.80. The molecule has 0 bridgehead atoms. The molecule has 0 aromatic heterocycles. The van der Waals surface area contributed by atoms with Gasteiger partial charge in [-0.1, -0.05) is 6.92 Å². The maximum Gasteiger partial charge on any atom is 0.476 e. The second-order valence-corrected chi connectivity index (χ2v) is 3.96. The zero-order chi connectivity index (χ0) is 10.3. The second-order valence-electron chi connectivity index (χ2n) is 2.33. The van der Waals surface area contributed by atoms with Gasteiger partial charge in [0.15, 0.2) is 0 Å². The summed E-state index contributed by atoms with van der Waals surface area (Å²) in [5.74, 6) is 0. The van der Waals surface area contributed by atoms with Crippen molar-refractivity contribution in [3.05, 3.63) is 0 Å². The molecule has 13 heavy (non-hydrogen) atoms. The Balaban J connectivity index is 4.14. The summed E-state index contributed by atoms with van der Waals surface area (Å²) < 4.78 is 26.3. The summed E-state index contributed by atoms with van der Waals surface area (Å²) in [6, 6.07) is 0. The Labute approximate surface area is 79.2 Å².